The van der Waals surface area contributed by atoms with Gasteiger partial charge in [0.1, 0.15) is 0 Å². The summed E-state index contributed by atoms with van der Waals surface area (Å²) in [7, 11) is 0. The molecular weight excluding hydrogens is 474 g/mol. The largest absolute Gasteiger partial charge is 0.377 e. The van der Waals surface area contributed by atoms with E-state index in [1.54, 1.807) is 59.6 Å². The van der Waals surface area contributed by atoms with Gasteiger partial charge in [-0.1, -0.05) is 98.8 Å². The molecule has 1 aliphatic carbocycles. The molecule has 5 nitrogen and oxygen atoms in total. The molecule has 38 heavy (non-hydrogen) atoms. The van der Waals surface area contributed by atoms with Crippen LogP contribution in [0.15, 0.2) is 103 Å². The number of carbonyl (C=O) groups excluding carboxylic acids is 3. The van der Waals surface area contributed by atoms with Gasteiger partial charge in [-0.25, -0.2) is 0 Å². The molecule has 190 valence electrons. The first-order chi connectivity index (χ1) is 18.2. The maximum absolute atomic E-state index is 14.5. The Labute approximate surface area is 222 Å². The van der Waals surface area contributed by atoms with Gasteiger partial charge in [0.2, 0.25) is 0 Å². The molecule has 6 rings (SSSR count). The number of aliphatic hydroxyl groups is 1. The first kappa shape index (κ1) is 24.3. The Morgan fingerprint density at radius 3 is 2.11 bits per heavy atom. The minimum absolute atomic E-state index is 0.143. The van der Waals surface area contributed by atoms with Crippen molar-refractivity contribution < 1.29 is 19.5 Å². The van der Waals surface area contributed by atoms with Crippen molar-refractivity contribution in [3.8, 4) is 0 Å². The lowest BCUT2D eigenvalue weighted by atomic mass is 9.52. The van der Waals surface area contributed by atoms with E-state index in [2.05, 4.69) is 0 Å². The van der Waals surface area contributed by atoms with Crippen LogP contribution in [0.2, 0.25) is 0 Å². The Bertz CT molecular complexity index is 1500. The standard InChI is InChI=1S/C33H29NO4/c1-31(2)20-28(36)32(29(37)21-31)30-25-16-10-9-11-22(25)17-18-34(30)27(19-26(35)23-12-5-3-6-13-23)33(32,38)24-14-7-4-8-15-24/h3-19,30,38H,20-21H2,1-2H3/b27-19+/t30-,33-/m0/s1. The summed E-state index contributed by atoms with van der Waals surface area (Å²) >= 11 is 0. The van der Waals surface area contributed by atoms with Gasteiger partial charge in [0.15, 0.2) is 28.4 Å². The van der Waals surface area contributed by atoms with Crippen LogP contribution in [0.5, 0.6) is 0 Å². The molecule has 0 amide bonds. The van der Waals surface area contributed by atoms with Crippen molar-refractivity contribution >= 4 is 23.4 Å². The zero-order chi connectivity index (χ0) is 26.7. The van der Waals surface area contributed by atoms with Crippen LogP contribution >= 0.6 is 0 Å². The third-order valence-electron chi connectivity index (χ3n) is 8.29. The van der Waals surface area contributed by atoms with Crippen LogP contribution in [0.25, 0.3) is 6.08 Å². The molecule has 1 saturated heterocycles. The number of benzene rings is 3. The van der Waals surface area contributed by atoms with Gasteiger partial charge in [-0.3, -0.25) is 14.4 Å². The summed E-state index contributed by atoms with van der Waals surface area (Å²) < 4.78 is 0. The molecule has 2 atom stereocenters. The summed E-state index contributed by atoms with van der Waals surface area (Å²) in [6.07, 6.45) is 5.38. The van der Waals surface area contributed by atoms with Crippen molar-refractivity contribution in [1.82, 2.24) is 4.90 Å². The van der Waals surface area contributed by atoms with Crippen LogP contribution in [0, 0.1) is 10.8 Å². The average Bonchev–Trinajstić information content (AvgIpc) is 3.14. The Morgan fingerprint density at radius 1 is 0.868 bits per heavy atom. The molecule has 2 aliphatic heterocycles. The SMILES string of the molecule is CC1(C)CC(=O)C2(C(=O)C1)[C@@H]1c3ccccc3C=CN1/C(=C/C(=O)c1ccccc1)[C@@]2(O)c1ccccc1. The lowest BCUT2D eigenvalue weighted by Crippen LogP contribution is -2.60. The summed E-state index contributed by atoms with van der Waals surface area (Å²) in [6.45, 7) is 3.82. The predicted octanol–water partition coefficient (Wildman–Crippen LogP) is 5.63. The van der Waals surface area contributed by atoms with E-state index >= 15 is 0 Å². The van der Waals surface area contributed by atoms with Crippen LogP contribution in [-0.4, -0.2) is 27.4 Å². The predicted molar refractivity (Wildman–Crippen MR) is 145 cm³/mol. The highest BCUT2D eigenvalue weighted by Crippen LogP contribution is 2.67. The monoisotopic (exact) mass is 503 g/mol. The van der Waals surface area contributed by atoms with Crippen molar-refractivity contribution in [3.63, 3.8) is 0 Å². The van der Waals surface area contributed by atoms with Crippen LogP contribution in [0.4, 0.5) is 0 Å². The number of hydrogen-bond donors (Lipinski definition) is 1. The Hall–Kier alpha value is -4.09. The van der Waals surface area contributed by atoms with Gasteiger partial charge in [0, 0.05) is 30.7 Å². The van der Waals surface area contributed by atoms with Crippen molar-refractivity contribution in [2.75, 3.05) is 0 Å². The van der Waals surface area contributed by atoms with E-state index in [4.69, 9.17) is 0 Å². The van der Waals surface area contributed by atoms with Gasteiger partial charge >= 0.3 is 0 Å². The molecule has 3 aliphatic rings. The molecule has 3 aromatic carbocycles. The Balaban J connectivity index is 1.70. The summed E-state index contributed by atoms with van der Waals surface area (Å²) in [5, 5.41) is 13.0. The van der Waals surface area contributed by atoms with Crippen LogP contribution < -0.4 is 0 Å². The van der Waals surface area contributed by atoms with E-state index in [0.717, 1.165) is 11.1 Å². The van der Waals surface area contributed by atoms with E-state index in [1.807, 2.05) is 56.3 Å². The van der Waals surface area contributed by atoms with E-state index in [1.165, 1.54) is 6.08 Å². The number of ketones is 3. The summed E-state index contributed by atoms with van der Waals surface area (Å²) in [5.74, 6) is -0.921. The molecule has 1 spiro atoms. The van der Waals surface area contributed by atoms with Crippen LogP contribution in [-0.2, 0) is 15.2 Å². The second-order valence-electron chi connectivity index (χ2n) is 11.3. The lowest BCUT2D eigenvalue weighted by molar-refractivity contribution is -0.165. The molecule has 5 heteroatoms. The number of rotatable bonds is 3. The first-order valence-electron chi connectivity index (χ1n) is 12.9. The Kier molecular flexibility index (Phi) is 5.41. The minimum Gasteiger partial charge on any atom is -0.377 e. The highest BCUT2D eigenvalue weighted by Gasteiger charge is 2.75. The summed E-state index contributed by atoms with van der Waals surface area (Å²) in [4.78, 5) is 44.3. The molecule has 0 radical (unpaired) electrons. The topological polar surface area (TPSA) is 74.7 Å². The first-order valence-corrected chi connectivity index (χ1v) is 12.9. The van der Waals surface area contributed by atoms with E-state index in [9.17, 15) is 19.5 Å². The maximum Gasteiger partial charge on any atom is 0.187 e. The van der Waals surface area contributed by atoms with Gasteiger partial charge in [-0.05, 0) is 28.2 Å². The number of allylic oxidation sites excluding steroid dienone is 1. The molecule has 0 aromatic heterocycles. The molecule has 0 unspecified atom stereocenters. The summed E-state index contributed by atoms with van der Waals surface area (Å²) in [6, 6.07) is 24.5. The van der Waals surface area contributed by atoms with Crippen molar-refractivity contribution in [3.05, 3.63) is 125 Å². The quantitative estimate of drug-likeness (QED) is 0.285. The third kappa shape index (κ3) is 3.25. The van der Waals surface area contributed by atoms with E-state index < -0.39 is 22.5 Å². The van der Waals surface area contributed by atoms with Gasteiger partial charge in [0.05, 0.1) is 11.7 Å². The van der Waals surface area contributed by atoms with Crippen LogP contribution in [0.1, 0.15) is 59.8 Å². The van der Waals surface area contributed by atoms with Gasteiger partial charge in [0.25, 0.3) is 0 Å². The molecule has 3 aromatic rings. The highest BCUT2D eigenvalue weighted by atomic mass is 16.3. The maximum atomic E-state index is 14.5. The number of carbonyl (C=O) groups is 3. The molecule has 1 saturated carbocycles. The van der Waals surface area contributed by atoms with Crippen molar-refractivity contribution in [1.29, 1.82) is 0 Å². The van der Waals surface area contributed by atoms with Gasteiger partial charge < -0.3 is 10.0 Å². The smallest absolute Gasteiger partial charge is 0.187 e. The van der Waals surface area contributed by atoms with Crippen molar-refractivity contribution in [2.45, 2.75) is 38.3 Å². The normalized spacial score (nSPS) is 25.9. The lowest BCUT2D eigenvalue weighted by Gasteiger charge is -2.48. The van der Waals surface area contributed by atoms with Gasteiger partial charge in [-0.2, -0.15) is 0 Å². The summed E-state index contributed by atoms with van der Waals surface area (Å²) in [5.41, 5.74) is -1.66. The molecule has 2 fully saturated rings. The fraction of sp³-hybridized carbons (Fsp3) is 0.242. The number of hydrogen-bond acceptors (Lipinski definition) is 5. The highest BCUT2D eigenvalue weighted by molar-refractivity contribution is 6.14. The fourth-order valence-corrected chi connectivity index (χ4v) is 6.67. The second-order valence-corrected chi connectivity index (χ2v) is 11.3. The molecule has 1 N–H and O–H groups in total. The Morgan fingerprint density at radius 2 is 1.45 bits per heavy atom. The molecule has 2 heterocycles. The second kappa shape index (κ2) is 8.47. The van der Waals surface area contributed by atoms with E-state index in [0.29, 0.717) is 11.1 Å². The zero-order valence-corrected chi connectivity index (χ0v) is 21.4. The fourth-order valence-electron chi connectivity index (χ4n) is 6.67. The van der Waals surface area contributed by atoms with E-state index in [-0.39, 0.29) is 35.9 Å². The number of fused-ring (bicyclic) bond motifs is 4. The average molecular weight is 504 g/mol. The van der Waals surface area contributed by atoms with Gasteiger partial charge in [-0.15, -0.1) is 0 Å². The third-order valence-corrected chi connectivity index (χ3v) is 8.29. The molecular formula is C33H29NO4. The number of Topliss-reactive ketones (excluding diaryl/α,β-unsaturated/α-hetero) is 2. The minimum atomic E-state index is -2.06. The van der Waals surface area contributed by atoms with Crippen LogP contribution in [0.3, 0.4) is 0 Å². The zero-order valence-electron chi connectivity index (χ0n) is 21.4. The number of nitrogens with zero attached hydrogens (tertiary/aromatic N) is 1. The van der Waals surface area contributed by atoms with Crippen molar-refractivity contribution in [2.24, 2.45) is 10.8 Å². The molecule has 0 bridgehead atoms.